The SMILES string of the molecule is CC(=O)N[C@@H](CCC(=O)O)C(=O)NCC(=O)N[C@H](C(=O)N[C@@H](Cc1ccc(O)cc1)C(=O)NCC(N)=O)[C@@H](C)O. The number of phenols is 1. The Morgan fingerprint density at radius 3 is 1.95 bits per heavy atom. The highest BCUT2D eigenvalue weighted by Crippen LogP contribution is 2.12. The summed E-state index contributed by atoms with van der Waals surface area (Å²) in [5.74, 6) is -6.16. The highest BCUT2D eigenvalue weighted by Gasteiger charge is 2.30. The van der Waals surface area contributed by atoms with Gasteiger partial charge in [0.05, 0.1) is 19.2 Å². The second-order valence-corrected chi connectivity index (χ2v) is 8.80. The van der Waals surface area contributed by atoms with Crippen molar-refractivity contribution in [1.29, 1.82) is 0 Å². The third kappa shape index (κ3) is 12.7. The number of carbonyl (C=O) groups is 7. The molecular formula is C24H34N6O10. The fraction of sp³-hybridized carbons (Fsp3) is 0.458. The van der Waals surface area contributed by atoms with Gasteiger partial charge in [-0.05, 0) is 31.0 Å². The number of nitrogens with one attached hydrogen (secondary N) is 5. The number of carboxylic acid groups (broad SMARTS) is 1. The van der Waals surface area contributed by atoms with Crippen molar-refractivity contribution in [2.45, 2.75) is 57.3 Å². The van der Waals surface area contributed by atoms with Gasteiger partial charge in [-0.3, -0.25) is 33.6 Å². The first-order chi connectivity index (χ1) is 18.7. The molecule has 1 aromatic rings. The summed E-state index contributed by atoms with van der Waals surface area (Å²) < 4.78 is 0. The number of aromatic hydroxyl groups is 1. The van der Waals surface area contributed by atoms with E-state index in [1.54, 1.807) is 0 Å². The zero-order valence-corrected chi connectivity index (χ0v) is 21.9. The second kappa shape index (κ2) is 16.3. The van der Waals surface area contributed by atoms with Gasteiger partial charge in [0.2, 0.25) is 35.4 Å². The van der Waals surface area contributed by atoms with Gasteiger partial charge >= 0.3 is 5.97 Å². The summed E-state index contributed by atoms with van der Waals surface area (Å²) in [4.78, 5) is 83.6. The fourth-order valence-corrected chi connectivity index (χ4v) is 3.34. The molecule has 0 radical (unpaired) electrons. The molecule has 1 rings (SSSR count). The standard InChI is InChI=1S/C24H34N6O10/c1-12(31)21(30-19(35)11-27-22(38)16(28-13(2)32)7-8-20(36)37)24(40)29-17(23(39)26-10-18(25)34)9-14-3-5-15(33)6-4-14/h3-6,12,16-17,21,31,33H,7-11H2,1-2H3,(H2,25,34)(H,26,39)(H,27,38)(H,28,32)(H,29,40)(H,30,35)(H,36,37)/t12-,16+,17+,21+/m1/s1. The lowest BCUT2D eigenvalue weighted by atomic mass is 10.0. The number of primary amides is 1. The van der Waals surface area contributed by atoms with E-state index in [2.05, 4.69) is 26.6 Å². The summed E-state index contributed by atoms with van der Waals surface area (Å²) in [6.07, 6.45) is -2.20. The number of hydrogen-bond donors (Lipinski definition) is 9. The van der Waals surface area contributed by atoms with Crippen LogP contribution in [-0.2, 0) is 40.0 Å². The molecule has 0 aliphatic heterocycles. The maximum atomic E-state index is 12.9. The van der Waals surface area contributed by atoms with Crippen LogP contribution in [0.25, 0.3) is 0 Å². The lowest BCUT2D eigenvalue weighted by Gasteiger charge is -2.25. The van der Waals surface area contributed by atoms with Crippen LogP contribution in [0.15, 0.2) is 24.3 Å². The highest BCUT2D eigenvalue weighted by molar-refractivity contribution is 5.95. The minimum Gasteiger partial charge on any atom is -0.508 e. The van der Waals surface area contributed by atoms with Gasteiger partial charge in [0.1, 0.15) is 23.9 Å². The van der Waals surface area contributed by atoms with Crippen molar-refractivity contribution in [1.82, 2.24) is 26.6 Å². The van der Waals surface area contributed by atoms with Crippen LogP contribution in [0, 0.1) is 0 Å². The number of aliphatic carboxylic acids is 1. The molecule has 6 amide bonds. The maximum absolute atomic E-state index is 12.9. The first-order valence-electron chi connectivity index (χ1n) is 12.1. The van der Waals surface area contributed by atoms with Gasteiger partial charge in [-0.2, -0.15) is 0 Å². The number of rotatable bonds is 16. The minimum atomic E-state index is -1.58. The highest BCUT2D eigenvalue weighted by atomic mass is 16.4. The first kappa shape index (κ1) is 33.3. The number of amides is 6. The molecule has 16 nitrogen and oxygen atoms in total. The lowest BCUT2D eigenvalue weighted by molar-refractivity contribution is -0.138. The van der Waals surface area contributed by atoms with Crippen LogP contribution in [0.3, 0.4) is 0 Å². The number of aliphatic hydroxyl groups excluding tert-OH is 1. The molecular weight excluding hydrogens is 532 g/mol. The van der Waals surface area contributed by atoms with Crippen LogP contribution in [0.4, 0.5) is 0 Å². The Hall–Kier alpha value is -4.73. The van der Waals surface area contributed by atoms with E-state index in [1.165, 1.54) is 31.2 Å². The lowest BCUT2D eigenvalue weighted by Crippen LogP contribution is -2.59. The molecule has 0 saturated carbocycles. The number of carbonyl (C=O) groups excluding carboxylic acids is 6. The zero-order chi connectivity index (χ0) is 30.4. The Kier molecular flexibility index (Phi) is 13.6. The molecule has 0 unspecified atom stereocenters. The van der Waals surface area contributed by atoms with Gasteiger partial charge in [-0.15, -0.1) is 0 Å². The van der Waals surface area contributed by atoms with E-state index in [0.717, 1.165) is 6.92 Å². The number of benzene rings is 1. The molecule has 0 aliphatic rings. The summed E-state index contributed by atoms with van der Waals surface area (Å²) in [7, 11) is 0. The predicted molar refractivity (Wildman–Crippen MR) is 137 cm³/mol. The van der Waals surface area contributed by atoms with Crippen LogP contribution in [0.2, 0.25) is 0 Å². The quantitative estimate of drug-likeness (QED) is 0.0947. The van der Waals surface area contributed by atoms with Gasteiger partial charge in [-0.25, -0.2) is 0 Å². The van der Waals surface area contributed by atoms with Crippen molar-refractivity contribution in [3.8, 4) is 5.75 Å². The summed E-state index contributed by atoms with van der Waals surface area (Å²) in [6.45, 7) is 1.13. The number of aliphatic hydroxyl groups is 1. The first-order valence-corrected chi connectivity index (χ1v) is 12.1. The van der Waals surface area contributed by atoms with E-state index in [-0.39, 0.29) is 18.6 Å². The van der Waals surface area contributed by atoms with E-state index in [9.17, 15) is 43.8 Å². The van der Waals surface area contributed by atoms with Crippen molar-refractivity contribution in [2.75, 3.05) is 13.1 Å². The minimum absolute atomic E-state index is 0.0308. The van der Waals surface area contributed by atoms with Crippen molar-refractivity contribution < 1.29 is 48.9 Å². The molecule has 0 spiro atoms. The van der Waals surface area contributed by atoms with Gasteiger partial charge in [0, 0.05) is 19.8 Å². The Labute approximate surface area is 229 Å². The van der Waals surface area contributed by atoms with Gasteiger partial charge in [-0.1, -0.05) is 12.1 Å². The van der Waals surface area contributed by atoms with Crippen LogP contribution in [0.5, 0.6) is 5.75 Å². The van der Waals surface area contributed by atoms with E-state index in [1.807, 2.05) is 0 Å². The molecule has 0 heterocycles. The monoisotopic (exact) mass is 566 g/mol. The molecule has 1 aromatic carbocycles. The van der Waals surface area contributed by atoms with E-state index in [0.29, 0.717) is 5.56 Å². The molecule has 10 N–H and O–H groups in total. The third-order valence-electron chi connectivity index (χ3n) is 5.29. The normalized spacial score (nSPS) is 13.5. The van der Waals surface area contributed by atoms with Crippen LogP contribution >= 0.6 is 0 Å². The maximum Gasteiger partial charge on any atom is 0.303 e. The number of phenolic OH excluding ortho intramolecular Hbond substituents is 1. The molecule has 0 aromatic heterocycles. The summed E-state index contributed by atoms with van der Waals surface area (Å²) in [6, 6.07) is 1.64. The Balaban J connectivity index is 2.90. The summed E-state index contributed by atoms with van der Waals surface area (Å²) >= 11 is 0. The average Bonchev–Trinajstić information content (AvgIpc) is 2.86. The number of carboxylic acids is 1. The molecule has 40 heavy (non-hydrogen) atoms. The zero-order valence-electron chi connectivity index (χ0n) is 21.9. The second-order valence-electron chi connectivity index (χ2n) is 8.80. The van der Waals surface area contributed by atoms with Gasteiger partial charge < -0.3 is 47.6 Å². The van der Waals surface area contributed by atoms with Crippen molar-refractivity contribution in [3.05, 3.63) is 29.8 Å². The Bertz CT molecular complexity index is 1090. The molecule has 4 atom stereocenters. The molecule has 0 saturated heterocycles. The van der Waals surface area contributed by atoms with Crippen molar-refractivity contribution in [2.24, 2.45) is 5.73 Å². The molecule has 16 heteroatoms. The predicted octanol–water partition coefficient (Wildman–Crippen LogP) is -3.63. The fourth-order valence-electron chi connectivity index (χ4n) is 3.34. The Morgan fingerprint density at radius 2 is 1.43 bits per heavy atom. The van der Waals surface area contributed by atoms with E-state index >= 15 is 0 Å². The molecule has 0 bridgehead atoms. The number of hydrogen-bond acceptors (Lipinski definition) is 9. The topological polar surface area (TPSA) is 266 Å². The average molecular weight is 567 g/mol. The largest absolute Gasteiger partial charge is 0.508 e. The Morgan fingerprint density at radius 1 is 0.850 bits per heavy atom. The van der Waals surface area contributed by atoms with E-state index < -0.39 is 85.2 Å². The van der Waals surface area contributed by atoms with Crippen LogP contribution in [-0.4, -0.2) is 94.1 Å². The van der Waals surface area contributed by atoms with Crippen molar-refractivity contribution in [3.63, 3.8) is 0 Å². The van der Waals surface area contributed by atoms with E-state index in [4.69, 9.17) is 10.8 Å². The third-order valence-corrected chi connectivity index (χ3v) is 5.29. The molecule has 220 valence electrons. The molecule has 0 aliphatic carbocycles. The van der Waals surface area contributed by atoms with Gasteiger partial charge in [0.15, 0.2) is 0 Å². The van der Waals surface area contributed by atoms with Crippen molar-refractivity contribution >= 4 is 41.4 Å². The smallest absolute Gasteiger partial charge is 0.303 e. The number of nitrogens with two attached hydrogens (primary N) is 1. The van der Waals surface area contributed by atoms with Crippen LogP contribution < -0.4 is 32.3 Å². The summed E-state index contributed by atoms with van der Waals surface area (Å²) in [5.41, 5.74) is 5.57. The summed E-state index contributed by atoms with van der Waals surface area (Å²) in [5, 5.41) is 39.8. The van der Waals surface area contributed by atoms with Gasteiger partial charge in [0.25, 0.3) is 0 Å². The van der Waals surface area contributed by atoms with Crippen LogP contribution in [0.1, 0.15) is 32.3 Å². The molecule has 0 fully saturated rings.